The Morgan fingerprint density at radius 3 is 2.63 bits per heavy atom. The second kappa shape index (κ2) is 8.81. The zero-order valence-corrected chi connectivity index (χ0v) is 15.7. The van der Waals surface area contributed by atoms with E-state index in [4.69, 9.17) is 21.7 Å². The highest BCUT2D eigenvalue weighted by molar-refractivity contribution is 7.80. The van der Waals surface area contributed by atoms with Crippen molar-refractivity contribution < 1.29 is 9.47 Å². The highest BCUT2D eigenvalue weighted by atomic mass is 32.1. The summed E-state index contributed by atoms with van der Waals surface area (Å²) in [7, 11) is 3.17. The van der Waals surface area contributed by atoms with Crippen LogP contribution in [0.5, 0.6) is 11.5 Å². The molecule has 7 nitrogen and oxygen atoms in total. The highest BCUT2D eigenvalue weighted by Crippen LogP contribution is 2.29. The molecule has 0 saturated carbocycles. The molecule has 0 saturated heterocycles. The number of hydrogen-bond donors (Lipinski definition) is 2. The van der Waals surface area contributed by atoms with E-state index in [1.165, 1.54) is 0 Å². The summed E-state index contributed by atoms with van der Waals surface area (Å²) in [6.45, 7) is 0. The SMILES string of the molecule is COc1ccc(NC(=S)N/N=C\c2cnn(-c3ccccc3)c2)cc1OC. The summed E-state index contributed by atoms with van der Waals surface area (Å²) in [4.78, 5) is 0. The fourth-order valence-corrected chi connectivity index (χ4v) is 2.53. The van der Waals surface area contributed by atoms with Crippen molar-refractivity contribution in [2.24, 2.45) is 5.10 Å². The molecule has 0 bridgehead atoms. The number of hydrogen-bond acceptors (Lipinski definition) is 5. The lowest BCUT2D eigenvalue weighted by Crippen LogP contribution is -2.23. The fraction of sp³-hybridized carbons (Fsp3) is 0.105. The van der Waals surface area contributed by atoms with Gasteiger partial charge in [0.2, 0.25) is 0 Å². The monoisotopic (exact) mass is 381 g/mol. The molecule has 27 heavy (non-hydrogen) atoms. The summed E-state index contributed by atoms with van der Waals surface area (Å²) in [5.41, 5.74) is 5.37. The lowest BCUT2D eigenvalue weighted by molar-refractivity contribution is 0.355. The highest BCUT2D eigenvalue weighted by Gasteiger charge is 2.05. The van der Waals surface area contributed by atoms with Gasteiger partial charge < -0.3 is 14.8 Å². The molecule has 138 valence electrons. The van der Waals surface area contributed by atoms with Crippen LogP contribution in [0.4, 0.5) is 5.69 Å². The van der Waals surface area contributed by atoms with Crippen LogP contribution in [0, 0.1) is 0 Å². The summed E-state index contributed by atoms with van der Waals surface area (Å²) < 4.78 is 12.3. The van der Waals surface area contributed by atoms with E-state index in [2.05, 4.69) is 20.9 Å². The van der Waals surface area contributed by atoms with Gasteiger partial charge in [0.1, 0.15) is 0 Å². The van der Waals surface area contributed by atoms with Crippen LogP contribution < -0.4 is 20.2 Å². The summed E-state index contributed by atoms with van der Waals surface area (Å²) in [5.74, 6) is 1.26. The van der Waals surface area contributed by atoms with Crippen molar-refractivity contribution in [2.75, 3.05) is 19.5 Å². The van der Waals surface area contributed by atoms with Crippen LogP contribution in [-0.4, -0.2) is 35.3 Å². The predicted octanol–water partition coefficient (Wildman–Crippen LogP) is 3.21. The minimum absolute atomic E-state index is 0.355. The van der Waals surface area contributed by atoms with E-state index in [1.807, 2.05) is 42.6 Å². The molecule has 8 heteroatoms. The molecule has 0 aliphatic rings. The molecular formula is C19H19N5O2S. The zero-order valence-electron chi connectivity index (χ0n) is 14.9. The fourth-order valence-electron chi connectivity index (χ4n) is 2.36. The van der Waals surface area contributed by atoms with E-state index in [1.54, 1.807) is 43.4 Å². The van der Waals surface area contributed by atoms with Gasteiger partial charge in [-0.3, -0.25) is 5.43 Å². The average Bonchev–Trinajstić information content (AvgIpc) is 3.17. The lowest BCUT2D eigenvalue weighted by atomic mass is 10.3. The first-order chi connectivity index (χ1) is 13.2. The van der Waals surface area contributed by atoms with E-state index >= 15 is 0 Å². The molecule has 2 aromatic carbocycles. The molecule has 0 spiro atoms. The molecule has 2 N–H and O–H groups in total. The van der Waals surface area contributed by atoms with Crippen molar-refractivity contribution in [2.45, 2.75) is 0 Å². The number of para-hydroxylation sites is 1. The first-order valence-electron chi connectivity index (χ1n) is 8.12. The molecule has 0 amide bonds. The number of nitrogens with zero attached hydrogens (tertiary/aromatic N) is 3. The molecule has 0 aliphatic heterocycles. The third-order valence-electron chi connectivity index (χ3n) is 3.64. The van der Waals surface area contributed by atoms with Gasteiger partial charge in [0.25, 0.3) is 0 Å². The van der Waals surface area contributed by atoms with Gasteiger partial charge >= 0.3 is 0 Å². The number of thiocarbonyl (C=S) groups is 1. The van der Waals surface area contributed by atoms with Crippen molar-refractivity contribution in [3.63, 3.8) is 0 Å². The summed E-state index contributed by atoms with van der Waals surface area (Å²) in [6, 6.07) is 15.3. The molecule has 0 unspecified atom stereocenters. The van der Waals surface area contributed by atoms with E-state index in [-0.39, 0.29) is 0 Å². The first-order valence-corrected chi connectivity index (χ1v) is 8.52. The molecule has 1 aromatic heterocycles. The Labute approximate surface area is 162 Å². The molecule has 1 heterocycles. The van der Waals surface area contributed by atoms with E-state index in [0.29, 0.717) is 16.6 Å². The van der Waals surface area contributed by atoms with Gasteiger partial charge in [0.15, 0.2) is 16.6 Å². The Morgan fingerprint density at radius 1 is 1.11 bits per heavy atom. The largest absolute Gasteiger partial charge is 0.493 e. The summed E-state index contributed by atoms with van der Waals surface area (Å²) in [5, 5.41) is 11.8. The van der Waals surface area contributed by atoms with E-state index in [0.717, 1.165) is 16.9 Å². The van der Waals surface area contributed by atoms with Crippen LogP contribution in [0.15, 0.2) is 66.0 Å². The van der Waals surface area contributed by atoms with Crippen LogP contribution in [0.3, 0.4) is 0 Å². The second-order valence-corrected chi connectivity index (χ2v) is 5.86. The second-order valence-electron chi connectivity index (χ2n) is 5.45. The lowest BCUT2D eigenvalue weighted by Gasteiger charge is -2.11. The molecule has 0 fully saturated rings. The number of benzene rings is 2. The van der Waals surface area contributed by atoms with E-state index < -0.39 is 0 Å². The zero-order chi connectivity index (χ0) is 19.1. The van der Waals surface area contributed by atoms with Gasteiger partial charge in [-0.2, -0.15) is 10.2 Å². The maximum Gasteiger partial charge on any atom is 0.191 e. The van der Waals surface area contributed by atoms with Crippen LogP contribution >= 0.6 is 12.2 Å². The van der Waals surface area contributed by atoms with Gasteiger partial charge in [-0.25, -0.2) is 4.68 Å². The number of nitrogens with one attached hydrogen (secondary N) is 2. The smallest absolute Gasteiger partial charge is 0.191 e. The molecule has 3 aromatic rings. The molecule has 3 rings (SSSR count). The predicted molar refractivity (Wildman–Crippen MR) is 110 cm³/mol. The Kier molecular flexibility index (Phi) is 6.01. The van der Waals surface area contributed by atoms with Gasteiger partial charge in [0.05, 0.1) is 32.3 Å². The van der Waals surface area contributed by atoms with Gasteiger partial charge in [0, 0.05) is 23.5 Å². The van der Waals surface area contributed by atoms with Crippen LogP contribution in [0.1, 0.15) is 5.56 Å². The Bertz CT molecular complexity index is 940. The van der Waals surface area contributed by atoms with Crippen molar-refractivity contribution >= 4 is 29.2 Å². The summed E-state index contributed by atoms with van der Waals surface area (Å²) >= 11 is 5.25. The normalized spacial score (nSPS) is 10.6. The maximum absolute atomic E-state index is 5.27. The Morgan fingerprint density at radius 2 is 1.89 bits per heavy atom. The van der Waals surface area contributed by atoms with Crippen LogP contribution in [0.25, 0.3) is 5.69 Å². The number of rotatable bonds is 6. The van der Waals surface area contributed by atoms with Gasteiger partial charge in [-0.1, -0.05) is 18.2 Å². The van der Waals surface area contributed by atoms with Gasteiger partial charge in [-0.15, -0.1) is 0 Å². The Hall–Kier alpha value is -3.39. The number of anilines is 1. The van der Waals surface area contributed by atoms with Crippen molar-refractivity contribution in [1.29, 1.82) is 0 Å². The quantitative estimate of drug-likeness (QED) is 0.388. The number of methoxy groups -OCH3 is 2. The topological polar surface area (TPSA) is 72.7 Å². The van der Waals surface area contributed by atoms with Crippen LogP contribution in [-0.2, 0) is 0 Å². The van der Waals surface area contributed by atoms with Crippen LogP contribution in [0.2, 0.25) is 0 Å². The minimum atomic E-state index is 0.355. The molecule has 0 radical (unpaired) electrons. The molecule has 0 atom stereocenters. The minimum Gasteiger partial charge on any atom is -0.493 e. The van der Waals surface area contributed by atoms with Crippen molar-refractivity contribution in [3.05, 3.63) is 66.5 Å². The maximum atomic E-state index is 5.27. The van der Waals surface area contributed by atoms with Crippen molar-refractivity contribution in [1.82, 2.24) is 15.2 Å². The van der Waals surface area contributed by atoms with Gasteiger partial charge in [-0.05, 0) is 36.5 Å². The standard InChI is InChI=1S/C19H19N5O2S/c1-25-17-9-8-15(10-18(17)26-2)22-19(27)23-20-11-14-12-21-24(13-14)16-6-4-3-5-7-16/h3-13H,1-2H3,(H2,22,23,27)/b20-11-. The number of ether oxygens (including phenoxy) is 2. The summed E-state index contributed by atoms with van der Waals surface area (Å²) in [6.07, 6.45) is 5.25. The molecular weight excluding hydrogens is 362 g/mol. The van der Waals surface area contributed by atoms with E-state index in [9.17, 15) is 0 Å². The average molecular weight is 381 g/mol. The van der Waals surface area contributed by atoms with Crippen molar-refractivity contribution in [3.8, 4) is 17.2 Å². The third kappa shape index (κ3) is 4.83. The molecule has 0 aliphatic carbocycles. The first kappa shape index (κ1) is 18.4. The third-order valence-corrected chi connectivity index (χ3v) is 3.84. The number of aromatic nitrogens is 2. The Balaban J connectivity index is 1.57. The number of hydrazone groups is 1.